The summed E-state index contributed by atoms with van der Waals surface area (Å²) < 4.78 is 7.62. The smallest absolute Gasteiger partial charge is 0.352 e. The number of carboxylic acid groups (broad SMARTS) is 1. The molecule has 0 atom stereocenters. The maximum atomic E-state index is 12.0. The van der Waals surface area contributed by atoms with Gasteiger partial charge in [-0.3, -0.25) is 0 Å². The Morgan fingerprint density at radius 2 is 1.82 bits per heavy atom. The summed E-state index contributed by atoms with van der Waals surface area (Å²) in [5.41, 5.74) is 3.55. The van der Waals surface area contributed by atoms with Crippen LogP contribution in [0.1, 0.15) is 42.4 Å². The Morgan fingerprint density at radius 1 is 1.12 bits per heavy atom. The van der Waals surface area contributed by atoms with Crippen molar-refractivity contribution in [3.63, 3.8) is 0 Å². The fourth-order valence-corrected chi connectivity index (χ4v) is 5.66. The molecule has 1 N–H and O–H groups in total. The molecule has 0 aliphatic rings. The first-order valence-electron chi connectivity index (χ1n) is 11.2. The van der Waals surface area contributed by atoms with E-state index in [0.717, 1.165) is 26.7 Å². The summed E-state index contributed by atoms with van der Waals surface area (Å²) in [5.74, 6) is -0.974. The van der Waals surface area contributed by atoms with E-state index >= 15 is 0 Å². The Hall–Kier alpha value is -1.73. The van der Waals surface area contributed by atoms with E-state index in [1.54, 1.807) is 22.4 Å². The van der Waals surface area contributed by atoms with Crippen LogP contribution >= 0.6 is 23.4 Å². The van der Waals surface area contributed by atoms with E-state index in [4.69, 9.17) is 16.3 Å². The second-order valence-corrected chi connectivity index (χ2v) is 17.9. The second kappa shape index (κ2) is 9.86. The quantitative estimate of drug-likeness (QED) is 0.249. The number of hydrogen-bond donors (Lipinski definition) is 1. The fraction of sp³-hybridized carbons (Fsp3) is 0.423. The highest BCUT2D eigenvalue weighted by molar-refractivity contribution is 7.99. The van der Waals surface area contributed by atoms with Crippen LogP contribution in [0.4, 0.5) is 0 Å². The monoisotopic (exact) mass is 503 g/mol. The van der Waals surface area contributed by atoms with Crippen molar-refractivity contribution in [1.82, 2.24) is 4.57 Å². The molecule has 0 aliphatic heterocycles. The molecule has 0 unspecified atom stereocenters. The van der Waals surface area contributed by atoms with Crippen LogP contribution in [0.25, 0.3) is 10.9 Å². The Labute approximate surface area is 207 Å². The number of nitrogens with zero attached hydrogens (tertiary/aromatic N) is 1. The molecule has 1 heterocycles. The topological polar surface area (TPSA) is 51.5 Å². The zero-order valence-electron chi connectivity index (χ0n) is 20.6. The third kappa shape index (κ3) is 6.44. The molecule has 0 radical (unpaired) electrons. The van der Waals surface area contributed by atoms with E-state index in [1.165, 1.54) is 11.1 Å². The average Bonchev–Trinajstić information content (AvgIpc) is 3.04. The molecule has 0 saturated heterocycles. The lowest BCUT2D eigenvalue weighted by Crippen LogP contribution is -2.22. The maximum Gasteiger partial charge on any atom is 0.352 e. The number of carboxylic acids is 1. The van der Waals surface area contributed by atoms with Crippen LogP contribution in [-0.4, -0.2) is 30.3 Å². The van der Waals surface area contributed by atoms with Crippen LogP contribution in [0.3, 0.4) is 0 Å². The second-order valence-electron chi connectivity index (χ2n) is 10.8. The number of rotatable bonds is 8. The van der Waals surface area contributed by atoms with E-state index in [0.29, 0.717) is 11.6 Å². The van der Waals surface area contributed by atoms with Gasteiger partial charge in [0.15, 0.2) is 0 Å². The van der Waals surface area contributed by atoms with Gasteiger partial charge in [0.05, 0.1) is 5.52 Å². The fourth-order valence-electron chi connectivity index (χ4n) is 3.58. The van der Waals surface area contributed by atoms with Gasteiger partial charge in [-0.1, -0.05) is 75.9 Å². The molecule has 1 aromatic heterocycles. The number of aromatic carboxylic acids is 1. The molecule has 0 amide bonds. The standard InChI is InChI=1S/C26H34ClNO3SSi/c1-17-12-18(26(2,3)4)8-9-23(17)32-24-14-19(27)13-21-20(24)15-22(25(29)30)28(21)16-31-10-11-33(5,6)7/h8-9,12-15H,10-11,16H2,1-7H3,(H,29,30). The maximum absolute atomic E-state index is 12.0. The minimum atomic E-state index is -1.23. The van der Waals surface area contributed by atoms with Crippen LogP contribution in [0.2, 0.25) is 30.7 Å². The van der Waals surface area contributed by atoms with Crippen LogP contribution in [0, 0.1) is 6.92 Å². The summed E-state index contributed by atoms with van der Waals surface area (Å²) in [6, 6.07) is 13.0. The van der Waals surface area contributed by atoms with Gasteiger partial charge in [-0.2, -0.15) is 0 Å². The molecular formula is C26H34ClNO3SSi. The number of hydrogen-bond acceptors (Lipinski definition) is 3. The van der Waals surface area contributed by atoms with E-state index < -0.39 is 14.0 Å². The number of fused-ring (bicyclic) bond motifs is 1. The zero-order chi connectivity index (χ0) is 24.6. The molecule has 33 heavy (non-hydrogen) atoms. The Bertz CT molecular complexity index is 1170. The molecule has 178 valence electrons. The van der Waals surface area contributed by atoms with Gasteiger partial charge in [-0.05, 0) is 53.8 Å². The predicted molar refractivity (Wildman–Crippen MR) is 142 cm³/mol. The number of benzene rings is 2. The lowest BCUT2D eigenvalue weighted by Gasteiger charge is -2.20. The molecule has 3 rings (SSSR count). The number of halogens is 1. The number of ether oxygens (including phenoxy) is 1. The molecular weight excluding hydrogens is 470 g/mol. The summed E-state index contributed by atoms with van der Waals surface area (Å²) in [6.45, 7) is 16.4. The first-order valence-corrected chi connectivity index (χ1v) is 16.1. The first-order chi connectivity index (χ1) is 15.3. The van der Waals surface area contributed by atoms with Gasteiger partial charge >= 0.3 is 5.97 Å². The third-order valence-electron chi connectivity index (χ3n) is 5.64. The minimum absolute atomic E-state index is 0.0837. The van der Waals surface area contributed by atoms with Crippen molar-refractivity contribution in [1.29, 1.82) is 0 Å². The van der Waals surface area contributed by atoms with Crippen molar-refractivity contribution in [2.45, 2.75) is 75.3 Å². The number of aromatic nitrogens is 1. The van der Waals surface area contributed by atoms with Crippen molar-refractivity contribution >= 4 is 48.3 Å². The minimum Gasteiger partial charge on any atom is -0.477 e. The molecule has 0 saturated carbocycles. The van der Waals surface area contributed by atoms with E-state index in [9.17, 15) is 9.90 Å². The number of carbonyl (C=O) groups is 1. The molecule has 2 aromatic carbocycles. The predicted octanol–water partition coefficient (Wildman–Crippen LogP) is 8.06. The zero-order valence-corrected chi connectivity index (χ0v) is 23.2. The van der Waals surface area contributed by atoms with Crippen molar-refractivity contribution in [3.8, 4) is 0 Å². The van der Waals surface area contributed by atoms with Gasteiger partial charge in [0, 0.05) is 34.9 Å². The summed E-state index contributed by atoms with van der Waals surface area (Å²) >= 11 is 8.10. The molecule has 0 bridgehead atoms. The van der Waals surface area contributed by atoms with Gasteiger partial charge in [0.2, 0.25) is 0 Å². The van der Waals surface area contributed by atoms with E-state index in [-0.39, 0.29) is 17.8 Å². The van der Waals surface area contributed by atoms with Crippen LogP contribution < -0.4 is 0 Å². The van der Waals surface area contributed by atoms with Gasteiger partial charge in [-0.25, -0.2) is 4.79 Å². The summed E-state index contributed by atoms with van der Waals surface area (Å²) in [7, 11) is -1.23. The normalized spacial score (nSPS) is 12.5. The highest BCUT2D eigenvalue weighted by Gasteiger charge is 2.20. The highest BCUT2D eigenvalue weighted by atomic mass is 35.5. The summed E-state index contributed by atoms with van der Waals surface area (Å²) in [6.07, 6.45) is 0. The largest absolute Gasteiger partial charge is 0.477 e. The Morgan fingerprint density at radius 3 is 2.39 bits per heavy atom. The van der Waals surface area contributed by atoms with Crippen LogP contribution in [0.15, 0.2) is 46.2 Å². The van der Waals surface area contributed by atoms with Gasteiger partial charge < -0.3 is 14.4 Å². The Kier molecular flexibility index (Phi) is 7.74. The van der Waals surface area contributed by atoms with Gasteiger partial charge in [0.1, 0.15) is 12.4 Å². The van der Waals surface area contributed by atoms with Crippen LogP contribution in [0.5, 0.6) is 0 Å². The lowest BCUT2D eigenvalue weighted by molar-refractivity contribution is 0.0630. The molecule has 7 heteroatoms. The number of aryl methyl sites for hydroxylation is 1. The van der Waals surface area contributed by atoms with Gasteiger partial charge in [-0.15, -0.1) is 0 Å². The molecule has 0 fully saturated rings. The first kappa shape index (κ1) is 25.9. The summed E-state index contributed by atoms with van der Waals surface area (Å²) in [5, 5.41) is 11.3. The SMILES string of the molecule is Cc1cc(C(C)(C)C)ccc1Sc1cc(Cl)cc2c1cc(C(=O)O)n2COCC[Si](C)(C)C. The third-order valence-corrected chi connectivity index (χ3v) is 8.80. The molecule has 3 aromatic rings. The Balaban J connectivity index is 1.98. The summed E-state index contributed by atoms with van der Waals surface area (Å²) in [4.78, 5) is 14.1. The molecule has 0 aliphatic carbocycles. The van der Waals surface area contributed by atoms with Gasteiger partial charge in [0.25, 0.3) is 0 Å². The molecule has 4 nitrogen and oxygen atoms in total. The van der Waals surface area contributed by atoms with E-state index in [2.05, 4.69) is 65.5 Å². The highest BCUT2D eigenvalue weighted by Crippen LogP contribution is 2.39. The average molecular weight is 504 g/mol. The van der Waals surface area contributed by atoms with E-state index in [1.807, 2.05) is 12.1 Å². The van der Waals surface area contributed by atoms with Crippen LogP contribution in [-0.2, 0) is 16.9 Å². The van der Waals surface area contributed by atoms with Crippen molar-refractivity contribution in [3.05, 3.63) is 58.2 Å². The molecule has 0 spiro atoms. The van der Waals surface area contributed by atoms with Crippen molar-refractivity contribution in [2.75, 3.05) is 6.61 Å². The van der Waals surface area contributed by atoms with Crippen molar-refractivity contribution in [2.24, 2.45) is 0 Å². The lowest BCUT2D eigenvalue weighted by atomic mass is 9.86. The van der Waals surface area contributed by atoms with Crippen molar-refractivity contribution < 1.29 is 14.6 Å².